The van der Waals surface area contributed by atoms with E-state index >= 15 is 0 Å². The van der Waals surface area contributed by atoms with Crippen LogP contribution in [0, 0.1) is 0 Å². The van der Waals surface area contributed by atoms with E-state index in [0.717, 1.165) is 12.8 Å². The van der Waals surface area contributed by atoms with Gasteiger partial charge in [0.05, 0.1) is 0 Å². The van der Waals surface area contributed by atoms with Crippen molar-refractivity contribution < 1.29 is 0 Å². The van der Waals surface area contributed by atoms with Gasteiger partial charge in [-0.1, -0.05) is 116 Å². The minimum atomic E-state index is -0.301. The summed E-state index contributed by atoms with van der Waals surface area (Å²) in [4.78, 5) is 0. The molecule has 0 saturated carbocycles. The zero-order chi connectivity index (χ0) is 19.7. The first-order chi connectivity index (χ1) is 12.7. The Hall–Kier alpha value is -1.65. The van der Waals surface area contributed by atoms with Crippen LogP contribution in [0.15, 0.2) is 72.3 Å². The van der Waals surface area contributed by atoms with E-state index in [1.165, 1.54) is 22.3 Å². The van der Waals surface area contributed by atoms with Crippen molar-refractivity contribution in [2.24, 2.45) is 0 Å². The molecule has 27 heavy (non-hydrogen) atoms. The van der Waals surface area contributed by atoms with Crippen molar-refractivity contribution in [3.05, 3.63) is 83.4 Å². The number of allylic oxidation sites excluding steroid dienone is 4. The van der Waals surface area contributed by atoms with Crippen LogP contribution in [0.2, 0.25) is 0 Å². The zero-order valence-electron chi connectivity index (χ0n) is 17.7. The van der Waals surface area contributed by atoms with Gasteiger partial charge in [-0.15, -0.1) is 0 Å². The van der Waals surface area contributed by atoms with Gasteiger partial charge < -0.3 is 0 Å². The maximum Gasteiger partial charge on any atom is -0.00287 e. The Bertz CT molecular complexity index is 828. The number of benzene rings is 2. The van der Waals surface area contributed by atoms with Crippen LogP contribution in [-0.2, 0) is 6.42 Å². The summed E-state index contributed by atoms with van der Waals surface area (Å²) in [5.74, 6) is 0. The molecule has 3 rings (SSSR count). The Morgan fingerprint density at radius 2 is 1.37 bits per heavy atom. The van der Waals surface area contributed by atoms with Gasteiger partial charge in [-0.25, -0.2) is 0 Å². The third-order valence-electron chi connectivity index (χ3n) is 5.03. The largest absolute Gasteiger partial charge is 0.0765 e. The van der Waals surface area contributed by atoms with Crippen LogP contribution >= 0.6 is 7.92 Å². The smallest absolute Gasteiger partial charge is 0.00287 e. The van der Waals surface area contributed by atoms with Crippen LogP contribution in [0.5, 0.6) is 0 Å². The molecule has 142 valence electrons. The topological polar surface area (TPSA) is 0 Å². The first-order valence-corrected chi connectivity index (χ1v) is 11.3. The monoisotopic (exact) mass is 376 g/mol. The fraction of sp³-hybridized carbons (Fsp3) is 0.385. The lowest BCUT2D eigenvalue weighted by Crippen LogP contribution is -2.32. The number of hydrogen-bond acceptors (Lipinski definition) is 0. The van der Waals surface area contributed by atoms with Gasteiger partial charge in [-0.2, -0.15) is 0 Å². The van der Waals surface area contributed by atoms with E-state index in [9.17, 15) is 0 Å². The van der Waals surface area contributed by atoms with E-state index < -0.39 is 0 Å². The van der Waals surface area contributed by atoms with Crippen LogP contribution < -0.4 is 5.30 Å². The molecule has 0 N–H and O–H groups in total. The second-order valence-electron chi connectivity index (χ2n) is 9.51. The molecular formula is C26H33P. The lowest BCUT2D eigenvalue weighted by atomic mass is 10.0. The van der Waals surface area contributed by atoms with Crippen molar-refractivity contribution in [1.82, 2.24) is 0 Å². The highest BCUT2D eigenvalue weighted by atomic mass is 31.1. The first-order valence-electron chi connectivity index (χ1n) is 9.99. The Morgan fingerprint density at radius 3 is 2.00 bits per heavy atom. The molecule has 0 bridgehead atoms. The first kappa shape index (κ1) is 20.1. The molecule has 1 aliphatic rings. The predicted molar refractivity (Wildman–Crippen MR) is 123 cm³/mol. The van der Waals surface area contributed by atoms with Gasteiger partial charge in [0.25, 0.3) is 0 Å². The van der Waals surface area contributed by atoms with Crippen molar-refractivity contribution in [3.8, 4) is 0 Å². The molecule has 0 aliphatic heterocycles. The summed E-state index contributed by atoms with van der Waals surface area (Å²) in [6.45, 7) is 14.4. The quantitative estimate of drug-likeness (QED) is 0.489. The molecule has 0 spiro atoms. The summed E-state index contributed by atoms with van der Waals surface area (Å²) in [5, 5.41) is 2.12. The molecule has 0 heterocycles. The summed E-state index contributed by atoms with van der Waals surface area (Å²) in [6.07, 6.45) is 6.93. The van der Waals surface area contributed by atoms with Gasteiger partial charge in [0.1, 0.15) is 0 Å². The van der Waals surface area contributed by atoms with Gasteiger partial charge in [-0.3, -0.25) is 0 Å². The average Bonchev–Trinajstić information content (AvgIpc) is 3.02. The predicted octanol–water partition coefficient (Wildman–Crippen LogP) is 7.35. The summed E-state index contributed by atoms with van der Waals surface area (Å²) in [6, 6.07) is 19.9. The van der Waals surface area contributed by atoms with Crippen LogP contribution in [0.25, 0.3) is 5.57 Å². The van der Waals surface area contributed by atoms with Crippen molar-refractivity contribution in [3.63, 3.8) is 0 Å². The Morgan fingerprint density at radius 1 is 0.778 bits per heavy atom. The van der Waals surface area contributed by atoms with Gasteiger partial charge >= 0.3 is 0 Å². The minimum Gasteiger partial charge on any atom is -0.0765 e. The third-order valence-corrected chi connectivity index (χ3v) is 8.58. The van der Waals surface area contributed by atoms with Crippen LogP contribution in [0.4, 0.5) is 0 Å². The van der Waals surface area contributed by atoms with E-state index in [1.807, 2.05) is 0 Å². The zero-order valence-corrected chi connectivity index (χ0v) is 18.6. The molecular weight excluding hydrogens is 343 g/mol. The molecule has 0 fully saturated rings. The molecule has 2 aromatic carbocycles. The fourth-order valence-corrected chi connectivity index (χ4v) is 8.55. The molecule has 1 heteroatoms. The van der Waals surface area contributed by atoms with E-state index in [0.29, 0.717) is 0 Å². The SMILES string of the molecule is CC(C)(C)P(c1ccccc1C1=CC(Cc2ccccc2)=CC1)C(C)(C)C. The summed E-state index contributed by atoms with van der Waals surface area (Å²) in [7, 11) is -0.301. The Balaban J connectivity index is 1.94. The van der Waals surface area contributed by atoms with Crippen LogP contribution in [0.1, 0.15) is 59.1 Å². The molecule has 0 saturated heterocycles. The molecule has 0 unspecified atom stereocenters. The summed E-state index contributed by atoms with van der Waals surface area (Å²) >= 11 is 0. The van der Waals surface area contributed by atoms with Gasteiger partial charge in [0.15, 0.2) is 0 Å². The Labute approximate surface area is 167 Å². The average molecular weight is 377 g/mol. The van der Waals surface area contributed by atoms with E-state index in [4.69, 9.17) is 0 Å². The maximum absolute atomic E-state index is 2.44. The van der Waals surface area contributed by atoms with E-state index in [1.54, 1.807) is 5.30 Å². The molecule has 0 aromatic heterocycles. The summed E-state index contributed by atoms with van der Waals surface area (Å²) < 4.78 is 0. The highest BCUT2D eigenvalue weighted by Crippen LogP contribution is 2.59. The molecule has 0 radical (unpaired) electrons. The second-order valence-corrected chi connectivity index (χ2v) is 13.3. The van der Waals surface area contributed by atoms with Crippen LogP contribution in [-0.4, -0.2) is 10.3 Å². The van der Waals surface area contributed by atoms with Gasteiger partial charge in [-0.05, 0) is 50.7 Å². The standard InChI is InChI=1S/C26H33P/c1-25(2,3)27(26(4,5)6)24-15-11-10-14-23(24)22-17-16-21(19-22)18-20-12-8-7-9-13-20/h7-16,19H,17-18H2,1-6H3. The summed E-state index contributed by atoms with van der Waals surface area (Å²) in [5.41, 5.74) is 5.79. The lowest BCUT2D eigenvalue weighted by molar-refractivity contribution is 0.714. The minimum absolute atomic E-state index is 0.281. The number of rotatable bonds is 4. The fourth-order valence-electron chi connectivity index (χ4n) is 4.39. The van der Waals surface area contributed by atoms with E-state index in [-0.39, 0.29) is 18.2 Å². The Kier molecular flexibility index (Phi) is 5.78. The number of hydrogen-bond donors (Lipinski definition) is 0. The van der Waals surface area contributed by atoms with Gasteiger partial charge in [0.2, 0.25) is 0 Å². The van der Waals surface area contributed by atoms with Crippen molar-refractivity contribution in [1.29, 1.82) is 0 Å². The van der Waals surface area contributed by atoms with Crippen molar-refractivity contribution in [2.45, 2.75) is 64.7 Å². The molecule has 2 aromatic rings. The highest BCUT2D eigenvalue weighted by Gasteiger charge is 2.37. The normalized spacial score (nSPS) is 15.1. The molecule has 1 aliphatic carbocycles. The highest BCUT2D eigenvalue weighted by molar-refractivity contribution is 7.68. The molecule has 0 atom stereocenters. The molecule has 0 nitrogen and oxygen atoms in total. The van der Waals surface area contributed by atoms with Crippen molar-refractivity contribution >= 4 is 18.8 Å². The van der Waals surface area contributed by atoms with Gasteiger partial charge in [0, 0.05) is 0 Å². The van der Waals surface area contributed by atoms with E-state index in [2.05, 4.69) is 108 Å². The lowest BCUT2D eigenvalue weighted by Gasteiger charge is -2.42. The second kappa shape index (κ2) is 7.76. The van der Waals surface area contributed by atoms with Crippen molar-refractivity contribution in [2.75, 3.05) is 0 Å². The maximum atomic E-state index is 2.44. The molecule has 0 amide bonds. The third kappa shape index (κ3) is 4.80. The van der Waals surface area contributed by atoms with Crippen LogP contribution in [0.3, 0.4) is 0 Å².